The number of para-hydroxylation sites is 1. The molecular weight excluding hydrogens is 314 g/mol. The Morgan fingerprint density at radius 2 is 1.91 bits per heavy atom. The van der Waals surface area contributed by atoms with Gasteiger partial charge in [0.05, 0.1) is 17.3 Å². The van der Waals surface area contributed by atoms with E-state index in [1.165, 1.54) is 11.0 Å². The van der Waals surface area contributed by atoms with Crippen molar-refractivity contribution < 1.29 is 4.79 Å². The van der Waals surface area contributed by atoms with Gasteiger partial charge in [-0.3, -0.25) is 4.79 Å². The predicted molar refractivity (Wildman–Crippen MR) is 86.5 cm³/mol. The summed E-state index contributed by atoms with van der Waals surface area (Å²) in [5, 5.41) is 14.6. The molecule has 0 aliphatic rings. The minimum Gasteiger partial charge on any atom is -0.345 e. The van der Waals surface area contributed by atoms with E-state index >= 15 is 0 Å². The van der Waals surface area contributed by atoms with Crippen LogP contribution in [0.1, 0.15) is 28.9 Å². The summed E-state index contributed by atoms with van der Waals surface area (Å²) in [6, 6.07) is 14.3. The molecule has 23 heavy (non-hydrogen) atoms. The van der Waals surface area contributed by atoms with Crippen LogP contribution >= 0.6 is 11.6 Å². The molecule has 3 aromatic rings. The third-order valence-electron chi connectivity index (χ3n) is 3.46. The van der Waals surface area contributed by atoms with E-state index < -0.39 is 0 Å². The van der Waals surface area contributed by atoms with Crippen molar-refractivity contribution in [2.45, 2.75) is 13.0 Å². The monoisotopic (exact) mass is 327 g/mol. The van der Waals surface area contributed by atoms with Gasteiger partial charge in [0.15, 0.2) is 0 Å². The number of halogens is 1. The summed E-state index contributed by atoms with van der Waals surface area (Å²) in [5.74, 6) is -0.219. The van der Waals surface area contributed by atoms with Crippen molar-refractivity contribution in [1.82, 2.24) is 25.5 Å². The van der Waals surface area contributed by atoms with Crippen molar-refractivity contribution in [1.29, 1.82) is 0 Å². The maximum Gasteiger partial charge on any atom is 0.253 e. The summed E-state index contributed by atoms with van der Waals surface area (Å²) in [6.07, 6.45) is 1.45. The molecule has 0 saturated heterocycles. The van der Waals surface area contributed by atoms with E-state index in [4.69, 9.17) is 11.6 Å². The van der Waals surface area contributed by atoms with Gasteiger partial charge in [0, 0.05) is 5.02 Å². The lowest BCUT2D eigenvalue weighted by Gasteiger charge is -2.17. The van der Waals surface area contributed by atoms with E-state index in [0.717, 1.165) is 5.56 Å². The molecule has 0 fully saturated rings. The largest absolute Gasteiger partial charge is 0.345 e. The van der Waals surface area contributed by atoms with Crippen LogP contribution in [0.15, 0.2) is 54.9 Å². The molecule has 116 valence electrons. The summed E-state index contributed by atoms with van der Waals surface area (Å²) in [4.78, 5) is 12.6. The number of nitrogens with one attached hydrogen (secondary N) is 1. The highest BCUT2D eigenvalue weighted by molar-refractivity contribution is 6.31. The molecule has 0 spiro atoms. The number of aromatic nitrogens is 4. The highest BCUT2D eigenvalue weighted by Gasteiger charge is 2.17. The first-order chi connectivity index (χ1) is 11.2. The molecule has 1 amide bonds. The van der Waals surface area contributed by atoms with Crippen molar-refractivity contribution in [3.8, 4) is 5.69 Å². The van der Waals surface area contributed by atoms with E-state index in [-0.39, 0.29) is 11.9 Å². The number of tetrazole rings is 1. The van der Waals surface area contributed by atoms with Crippen LogP contribution in [0, 0.1) is 0 Å². The molecule has 1 aromatic heterocycles. The summed E-state index contributed by atoms with van der Waals surface area (Å²) in [6.45, 7) is 1.89. The number of hydrogen-bond donors (Lipinski definition) is 1. The van der Waals surface area contributed by atoms with Crippen LogP contribution in [-0.2, 0) is 0 Å². The fourth-order valence-corrected chi connectivity index (χ4v) is 2.61. The molecule has 0 radical (unpaired) electrons. The Morgan fingerprint density at radius 1 is 1.17 bits per heavy atom. The second-order valence-corrected chi connectivity index (χ2v) is 5.40. The predicted octanol–water partition coefficient (Wildman–Crippen LogP) is 2.81. The van der Waals surface area contributed by atoms with Crippen LogP contribution < -0.4 is 5.32 Å². The Balaban J connectivity index is 1.86. The van der Waals surface area contributed by atoms with Gasteiger partial charge in [0.1, 0.15) is 6.33 Å². The Hall–Kier alpha value is -2.73. The number of nitrogens with zero attached hydrogens (tertiary/aromatic N) is 4. The van der Waals surface area contributed by atoms with Crippen molar-refractivity contribution in [2.75, 3.05) is 0 Å². The third kappa shape index (κ3) is 3.22. The first-order valence-corrected chi connectivity index (χ1v) is 7.42. The third-order valence-corrected chi connectivity index (χ3v) is 3.81. The van der Waals surface area contributed by atoms with Gasteiger partial charge in [-0.15, -0.1) is 5.10 Å². The molecule has 1 unspecified atom stereocenters. The second kappa shape index (κ2) is 6.58. The topological polar surface area (TPSA) is 72.7 Å². The zero-order chi connectivity index (χ0) is 16.2. The van der Waals surface area contributed by atoms with Crippen LogP contribution in [0.2, 0.25) is 5.02 Å². The van der Waals surface area contributed by atoms with Gasteiger partial charge in [-0.2, -0.15) is 4.68 Å². The van der Waals surface area contributed by atoms with Gasteiger partial charge in [-0.25, -0.2) is 0 Å². The Kier molecular flexibility index (Phi) is 4.34. The summed E-state index contributed by atoms with van der Waals surface area (Å²) in [5.41, 5.74) is 1.96. The highest BCUT2D eigenvalue weighted by Crippen LogP contribution is 2.23. The minimum absolute atomic E-state index is 0.219. The standard InChI is InChI=1S/C16H14ClN5O/c1-11(12-6-2-4-8-14(12)17)19-16(23)13-7-3-5-9-15(13)22-10-18-20-21-22/h2-11H,1H3,(H,19,23). The number of carbonyl (C=O) groups excluding carboxylic acids is 1. The molecule has 1 N–H and O–H groups in total. The number of rotatable bonds is 4. The fourth-order valence-electron chi connectivity index (χ4n) is 2.32. The van der Waals surface area contributed by atoms with Gasteiger partial charge in [0.2, 0.25) is 0 Å². The van der Waals surface area contributed by atoms with Crippen LogP contribution in [-0.4, -0.2) is 26.1 Å². The van der Waals surface area contributed by atoms with Crippen LogP contribution in [0.4, 0.5) is 0 Å². The van der Waals surface area contributed by atoms with Gasteiger partial charge in [0.25, 0.3) is 5.91 Å². The number of benzene rings is 2. The first-order valence-electron chi connectivity index (χ1n) is 7.04. The second-order valence-electron chi connectivity index (χ2n) is 4.99. The van der Waals surface area contributed by atoms with Crippen molar-refractivity contribution in [3.63, 3.8) is 0 Å². The smallest absolute Gasteiger partial charge is 0.253 e. The minimum atomic E-state index is -0.224. The molecule has 3 rings (SSSR count). The van der Waals surface area contributed by atoms with Gasteiger partial charge < -0.3 is 5.32 Å². The lowest BCUT2D eigenvalue weighted by Crippen LogP contribution is -2.28. The van der Waals surface area contributed by atoms with E-state index in [9.17, 15) is 4.79 Å². The van der Waals surface area contributed by atoms with E-state index in [1.807, 2.05) is 31.2 Å². The maximum absolute atomic E-state index is 12.6. The number of amides is 1. The maximum atomic E-state index is 12.6. The molecule has 0 bridgehead atoms. The van der Waals surface area contributed by atoms with Crippen molar-refractivity contribution in [2.24, 2.45) is 0 Å². The highest BCUT2D eigenvalue weighted by atomic mass is 35.5. The molecule has 0 saturated carbocycles. The lowest BCUT2D eigenvalue weighted by atomic mass is 10.1. The Labute approximate surface area is 138 Å². The SMILES string of the molecule is CC(NC(=O)c1ccccc1-n1cnnn1)c1ccccc1Cl. The van der Waals surface area contributed by atoms with Crippen LogP contribution in [0.3, 0.4) is 0 Å². The van der Waals surface area contributed by atoms with Crippen molar-refractivity contribution in [3.05, 3.63) is 71.0 Å². The fraction of sp³-hybridized carbons (Fsp3) is 0.125. The lowest BCUT2D eigenvalue weighted by molar-refractivity contribution is 0.0940. The van der Waals surface area contributed by atoms with Crippen LogP contribution in [0.5, 0.6) is 0 Å². The van der Waals surface area contributed by atoms with Gasteiger partial charge in [-0.05, 0) is 41.1 Å². The van der Waals surface area contributed by atoms with Crippen molar-refractivity contribution >= 4 is 17.5 Å². The molecule has 1 atom stereocenters. The van der Waals surface area contributed by atoms with Crippen LogP contribution in [0.25, 0.3) is 5.69 Å². The van der Waals surface area contributed by atoms with Gasteiger partial charge >= 0.3 is 0 Å². The summed E-state index contributed by atoms with van der Waals surface area (Å²) in [7, 11) is 0. The van der Waals surface area contributed by atoms with E-state index in [1.54, 1.807) is 24.3 Å². The molecule has 2 aromatic carbocycles. The molecular formula is C16H14ClN5O. The molecule has 7 heteroatoms. The van der Waals surface area contributed by atoms with E-state index in [0.29, 0.717) is 16.3 Å². The first kappa shape index (κ1) is 15.2. The average molecular weight is 328 g/mol. The van der Waals surface area contributed by atoms with Gasteiger partial charge in [-0.1, -0.05) is 41.9 Å². The zero-order valence-electron chi connectivity index (χ0n) is 12.3. The quantitative estimate of drug-likeness (QED) is 0.799. The summed E-state index contributed by atoms with van der Waals surface area (Å²) >= 11 is 6.18. The zero-order valence-corrected chi connectivity index (χ0v) is 13.1. The average Bonchev–Trinajstić information content (AvgIpc) is 3.09. The number of carbonyl (C=O) groups is 1. The normalized spacial score (nSPS) is 11.9. The molecule has 0 aliphatic heterocycles. The Morgan fingerprint density at radius 3 is 2.65 bits per heavy atom. The molecule has 0 aliphatic carbocycles. The molecule has 6 nitrogen and oxygen atoms in total. The van der Waals surface area contributed by atoms with E-state index in [2.05, 4.69) is 20.8 Å². The summed E-state index contributed by atoms with van der Waals surface area (Å²) < 4.78 is 1.45. The Bertz CT molecular complexity index is 819. The molecule has 1 heterocycles. The number of hydrogen-bond acceptors (Lipinski definition) is 4.